The molecule has 0 saturated carbocycles. The van der Waals surface area contributed by atoms with Crippen molar-refractivity contribution in [2.45, 2.75) is 19.3 Å². The summed E-state index contributed by atoms with van der Waals surface area (Å²) in [6.45, 7) is 3.23. The highest BCUT2D eigenvalue weighted by Gasteiger charge is 2.48. The van der Waals surface area contributed by atoms with Crippen LogP contribution in [0.2, 0.25) is 0 Å². The Morgan fingerprint density at radius 2 is 2.22 bits per heavy atom. The van der Waals surface area contributed by atoms with Gasteiger partial charge < -0.3 is 14.7 Å². The molecule has 0 spiro atoms. The number of carboxylic acid groups (broad SMARTS) is 1. The number of carboxylic acids is 1. The van der Waals surface area contributed by atoms with E-state index in [4.69, 9.17) is 9.84 Å². The quantitative estimate of drug-likeness (QED) is 0.767. The SMILES string of the molecule is C=CCOC(=O)N1CCC(CC(F)F)(C(=O)O)C1. The van der Waals surface area contributed by atoms with Crippen LogP contribution < -0.4 is 0 Å². The highest BCUT2D eigenvalue weighted by atomic mass is 19.3. The molecule has 0 aromatic heterocycles. The molecule has 1 heterocycles. The number of rotatable bonds is 5. The fraction of sp³-hybridized carbons (Fsp3) is 0.636. The number of hydrogen-bond donors (Lipinski definition) is 1. The van der Waals surface area contributed by atoms with Crippen LogP contribution in [0.4, 0.5) is 13.6 Å². The number of nitrogens with zero attached hydrogens (tertiary/aromatic N) is 1. The van der Waals surface area contributed by atoms with E-state index in [9.17, 15) is 18.4 Å². The first-order valence-electron chi connectivity index (χ1n) is 5.45. The number of carbonyl (C=O) groups is 2. The summed E-state index contributed by atoms with van der Waals surface area (Å²) in [6, 6.07) is 0. The Morgan fingerprint density at radius 3 is 2.72 bits per heavy atom. The molecule has 0 bridgehead atoms. The molecule has 1 atom stereocenters. The lowest BCUT2D eigenvalue weighted by molar-refractivity contribution is -0.150. The van der Waals surface area contributed by atoms with E-state index in [-0.39, 0.29) is 26.1 Å². The van der Waals surface area contributed by atoms with Crippen molar-refractivity contribution in [1.29, 1.82) is 0 Å². The second-order valence-electron chi connectivity index (χ2n) is 4.22. The molecule has 7 heteroatoms. The van der Waals surface area contributed by atoms with Gasteiger partial charge in [-0.05, 0) is 6.42 Å². The number of carbonyl (C=O) groups excluding carboxylic acids is 1. The number of alkyl halides is 2. The summed E-state index contributed by atoms with van der Waals surface area (Å²) in [5, 5.41) is 9.06. The molecule has 18 heavy (non-hydrogen) atoms. The molecule has 1 amide bonds. The van der Waals surface area contributed by atoms with Crippen molar-refractivity contribution in [3.63, 3.8) is 0 Å². The zero-order valence-electron chi connectivity index (χ0n) is 9.77. The molecule has 102 valence electrons. The van der Waals surface area contributed by atoms with Gasteiger partial charge in [-0.2, -0.15) is 0 Å². The number of halogens is 2. The lowest BCUT2D eigenvalue weighted by Gasteiger charge is -2.23. The maximum atomic E-state index is 12.4. The number of amides is 1. The fourth-order valence-electron chi connectivity index (χ4n) is 1.97. The molecule has 5 nitrogen and oxygen atoms in total. The molecular weight excluding hydrogens is 248 g/mol. The third-order valence-corrected chi connectivity index (χ3v) is 2.94. The van der Waals surface area contributed by atoms with Crippen LogP contribution in [0.25, 0.3) is 0 Å². The Bertz CT molecular complexity index is 348. The molecule has 0 aromatic carbocycles. The Hall–Kier alpha value is -1.66. The van der Waals surface area contributed by atoms with E-state index in [1.165, 1.54) is 6.08 Å². The molecule has 1 fully saturated rings. The van der Waals surface area contributed by atoms with Gasteiger partial charge in [-0.25, -0.2) is 13.6 Å². The van der Waals surface area contributed by atoms with Gasteiger partial charge in [0.25, 0.3) is 0 Å². The van der Waals surface area contributed by atoms with E-state index in [1.807, 2.05) is 0 Å². The molecule has 0 radical (unpaired) electrons. The second kappa shape index (κ2) is 5.79. The third-order valence-electron chi connectivity index (χ3n) is 2.94. The minimum atomic E-state index is -2.72. The van der Waals surface area contributed by atoms with Gasteiger partial charge in [0, 0.05) is 19.5 Å². The lowest BCUT2D eigenvalue weighted by atomic mass is 9.84. The van der Waals surface area contributed by atoms with Gasteiger partial charge in [-0.15, -0.1) is 0 Å². The molecule has 0 aliphatic carbocycles. The Morgan fingerprint density at radius 1 is 1.56 bits per heavy atom. The van der Waals surface area contributed by atoms with E-state index >= 15 is 0 Å². The summed E-state index contributed by atoms with van der Waals surface area (Å²) in [4.78, 5) is 23.7. The summed E-state index contributed by atoms with van der Waals surface area (Å²) in [7, 11) is 0. The van der Waals surface area contributed by atoms with Crippen LogP contribution in [0, 0.1) is 5.41 Å². The first-order chi connectivity index (χ1) is 8.41. The molecule has 1 aliphatic rings. The van der Waals surface area contributed by atoms with E-state index in [2.05, 4.69) is 6.58 Å². The minimum absolute atomic E-state index is 0.00422. The summed E-state index contributed by atoms with van der Waals surface area (Å²) < 4.78 is 29.6. The van der Waals surface area contributed by atoms with Crippen LogP contribution >= 0.6 is 0 Å². The summed E-state index contributed by atoms with van der Waals surface area (Å²) >= 11 is 0. The third kappa shape index (κ3) is 3.18. The van der Waals surface area contributed by atoms with Crippen molar-refractivity contribution in [2.24, 2.45) is 5.41 Å². The number of likely N-dealkylation sites (tertiary alicyclic amines) is 1. The molecular formula is C11H15F2NO4. The zero-order valence-corrected chi connectivity index (χ0v) is 9.77. The first kappa shape index (κ1) is 14.4. The summed E-state index contributed by atoms with van der Waals surface area (Å²) in [5.74, 6) is -1.30. The first-order valence-corrected chi connectivity index (χ1v) is 5.45. The van der Waals surface area contributed by atoms with Gasteiger partial charge in [0.2, 0.25) is 6.43 Å². The van der Waals surface area contributed by atoms with E-state index in [0.29, 0.717) is 0 Å². The number of hydrogen-bond acceptors (Lipinski definition) is 3. The average Bonchev–Trinajstić information content (AvgIpc) is 2.70. The molecule has 0 aromatic rings. The van der Waals surface area contributed by atoms with Gasteiger partial charge in [-0.1, -0.05) is 12.7 Å². The fourth-order valence-corrected chi connectivity index (χ4v) is 1.97. The molecule has 1 N–H and O–H groups in total. The second-order valence-corrected chi connectivity index (χ2v) is 4.22. The average molecular weight is 263 g/mol. The van der Waals surface area contributed by atoms with Crippen molar-refractivity contribution in [2.75, 3.05) is 19.7 Å². The van der Waals surface area contributed by atoms with Crippen molar-refractivity contribution in [1.82, 2.24) is 4.90 Å². The summed E-state index contributed by atoms with van der Waals surface area (Å²) in [6.07, 6.45) is -2.79. The largest absolute Gasteiger partial charge is 0.481 e. The van der Waals surface area contributed by atoms with Crippen LogP contribution in [-0.4, -0.2) is 48.2 Å². The predicted molar refractivity (Wildman–Crippen MR) is 58.4 cm³/mol. The van der Waals surface area contributed by atoms with Crippen LogP contribution in [-0.2, 0) is 9.53 Å². The molecule has 1 unspecified atom stereocenters. The summed E-state index contributed by atoms with van der Waals surface area (Å²) in [5.41, 5.74) is -1.57. The van der Waals surface area contributed by atoms with Crippen LogP contribution in [0.15, 0.2) is 12.7 Å². The van der Waals surface area contributed by atoms with Crippen molar-refractivity contribution in [3.8, 4) is 0 Å². The van der Waals surface area contributed by atoms with Gasteiger partial charge in [0.1, 0.15) is 6.61 Å². The Labute approximate surface area is 103 Å². The van der Waals surface area contributed by atoms with Crippen LogP contribution in [0.1, 0.15) is 12.8 Å². The van der Waals surface area contributed by atoms with E-state index in [0.717, 1.165) is 4.90 Å². The zero-order chi connectivity index (χ0) is 13.8. The number of ether oxygens (including phenoxy) is 1. The van der Waals surface area contributed by atoms with Gasteiger partial charge in [0.05, 0.1) is 5.41 Å². The van der Waals surface area contributed by atoms with Gasteiger partial charge in [-0.3, -0.25) is 4.79 Å². The highest BCUT2D eigenvalue weighted by Crippen LogP contribution is 2.36. The maximum absolute atomic E-state index is 12.4. The predicted octanol–water partition coefficient (Wildman–Crippen LogP) is 1.74. The van der Waals surface area contributed by atoms with E-state index < -0.39 is 30.3 Å². The van der Waals surface area contributed by atoms with Crippen LogP contribution in [0.5, 0.6) is 0 Å². The highest BCUT2D eigenvalue weighted by molar-refractivity contribution is 5.77. The van der Waals surface area contributed by atoms with Gasteiger partial charge in [0.15, 0.2) is 0 Å². The van der Waals surface area contributed by atoms with Crippen molar-refractivity contribution in [3.05, 3.63) is 12.7 Å². The number of aliphatic carboxylic acids is 1. The Kier molecular flexibility index (Phi) is 4.63. The monoisotopic (exact) mass is 263 g/mol. The normalized spacial score (nSPS) is 23.2. The Balaban J connectivity index is 2.68. The topological polar surface area (TPSA) is 66.8 Å². The van der Waals surface area contributed by atoms with Gasteiger partial charge >= 0.3 is 12.1 Å². The van der Waals surface area contributed by atoms with Crippen molar-refractivity contribution < 1.29 is 28.2 Å². The standard InChI is InChI=1S/C11H15F2NO4/c1-2-5-18-10(17)14-4-3-11(7-14,9(15)16)6-8(12)13/h2,8H,1,3-7H2,(H,15,16). The minimum Gasteiger partial charge on any atom is -0.481 e. The van der Waals surface area contributed by atoms with Crippen LogP contribution in [0.3, 0.4) is 0 Å². The molecule has 1 aliphatic heterocycles. The smallest absolute Gasteiger partial charge is 0.410 e. The molecule has 1 saturated heterocycles. The molecule has 1 rings (SSSR count). The van der Waals surface area contributed by atoms with Crippen molar-refractivity contribution >= 4 is 12.1 Å². The van der Waals surface area contributed by atoms with E-state index in [1.54, 1.807) is 0 Å². The maximum Gasteiger partial charge on any atom is 0.410 e. The lowest BCUT2D eigenvalue weighted by Crippen LogP contribution is -2.38.